The molecule has 3 heterocycles. The highest BCUT2D eigenvalue weighted by molar-refractivity contribution is 5.67. The first-order chi connectivity index (χ1) is 26.3. The van der Waals surface area contributed by atoms with Gasteiger partial charge >= 0.3 is 0 Å². The van der Waals surface area contributed by atoms with E-state index in [1.807, 2.05) is 42.5 Å². The van der Waals surface area contributed by atoms with Crippen LogP contribution in [0.3, 0.4) is 0 Å². The van der Waals surface area contributed by atoms with Gasteiger partial charge in [-0.3, -0.25) is 9.78 Å². The fourth-order valence-corrected chi connectivity index (χ4v) is 9.13. The van der Waals surface area contributed by atoms with Crippen molar-refractivity contribution in [1.82, 2.24) is 20.0 Å². The number of anilines is 2. The highest BCUT2D eigenvalue weighted by Crippen LogP contribution is 2.46. The molecule has 6 heteroatoms. The minimum atomic E-state index is 0. The van der Waals surface area contributed by atoms with Crippen molar-refractivity contribution < 1.29 is 11.4 Å². The molecule has 6 aromatic rings. The van der Waals surface area contributed by atoms with E-state index < -0.39 is 0 Å². The van der Waals surface area contributed by atoms with E-state index >= 15 is 0 Å². The molecular formula is C48H74N6. The Balaban J connectivity index is 0. The van der Waals surface area contributed by atoms with Gasteiger partial charge in [-0.15, -0.1) is 0 Å². The van der Waals surface area contributed by atoms with Crippen LogP contribution in [-0.4, -0.2) is 38.1 Å². The normalized spacial score (nSPS) is 20.1. The van der Waals surface area contributed by atoms with Crippen LogP contribution in [0.15, 0.2) is 109 Å². The standard InChI is InChI=1S/C24H29N3.C15H21N.C9H8N2.8H2/c1-17-15-18(2)24(19(3)16-17)25-22-11-7-8-12-23(22)27-14-13-21(26-27)20-9-5-4-6-10-20;1-10-8-11(2)15(12(3)9-10)16-13-6-4-5-7-14(13)16;1-2-4-8(5-3-1)9-6-7-10-11-9;;;;;;;;/h4-6,9-10,13-16,22-23,25H,7-8,11-12H2,1-3H3;8-9,13-14H,4-7H2,1-3H3;1-7H,(H,10,11);8*1H/t22-,23-;;;;;;;;;;/m0........../s1. The Morgan fingerprint density at radius 3 is 1.72 bits per heavy atom. The predicted octanol–water partition coefficient (Wildman–Crippen LogP) is 13.9. The van der Waals surface area contributed by atoms with Crippen molar-refractivity contribution in [1.29, 1.82) is 0 Å². The Labute approximate surface area is 334 Å². The second kappa shape index (κ2) is 16.9. The summed E-state index contributed by atoms with van der Waals surface area (Å²) in [4.78, 5) is 2.68. The molecule has 2 N–H and O–H groups in total. The van der Waals surface area contributed by atoms with E-state index in [1.165, 1.54) is 107 Å². The van der Waals surface area contributed by atoms with Crippen molar-refractivity contribution in [2.75, 3.05) is 10.2 Å². The number of fused-ring (bicyclic) bond motifs is 1. The summed E-state index contributed by atoms with van der Waals surface area (Å²) in [6.45, 7) is 13.3. The first-order valence-corrected chi connectivity index (χ1v) is 20.1. The molecular weight excluding hydrogens is 661 g/mol. The quantitative estimate of drug-likeness (QED) is 0.167. The molecule has 2 unspecified atom stereocenters. The molecule has 2 aromatic heterocycles. The zero-order valence-electron chi connectivity index (χ0n) is 33.1. The van der Waals surface area contributed by atoms with Crippen LogP contribution in [0.1, 0.15) is 102 Å². The predicted molar refractivity (Wildman–Crippen MR) is 243 cm³/mol. The second-order valence-electron chi connectivity index (χ2n) is 15.8. The SMILES string of the molecule is Cc1cc(C)c(N2C3CCCCC32)c(C)c1.Cc1cc(C)c(N[C@H]2CCCC[C@@H]2n2ccc(-c3ccccc3)n2)c(C)c1.[HH].[HH].[HH].[HH].[HH].[HH].[HH].[HH].c1ccc(-c2ccn[nH]2)cc1. The molecule has 2 aliphatic carbocycles. The second-order valence-corrected chi connectivity index (χ2v) is 15.8. The van der Waals surface area contributed by atoms with Gasteiger partial charge in [0.1, 0.15) is 0 Å². The number of nitrogens with zero attached hydrogens (tertiary/aromatic N) is 4. The van der Waals surface area contributed by atoms with Gasteiger partial charge in [0.15, 0.2) is 0 Å². The molecule has 1 aliphatic heterocycles. The van der Waals surface area contributed by atoms with E-state index in [9.17, 15) is 0 Å². The number of aryl methyl sites for hydroxylation is 6. The van der Waals surface area contributed by atoms with E-state index in [0.29, 0.717) is 12.1 Å². The highest BCUT2D eigenvalue weighted by Gasteiger charge is 2.49. The summed E-state index contributed by atoms with van der Waals surface area (Å²) < 4.78 is 2.19. The molecule has 2 saturated carbocycles. The third kappa shape index (κ3) is 8.65. The summed E-state index contributed by atoms with van der Waals surface area (Å²) in [5.74, 6) is 0. The van der Waals surface area contributed by atoms with E-state index in [4.69, 9.17) is 5.10 Å². The van der Waals surface area contributed by atoms with Crippen LogP contribution in [0.2, 0.25) is 0 Å². The molecule has 3 aliphatic rings. The van der Waals surface area contributed by atoms with Crippen LogP contribution in [0, 0.1) is 41.5 Å². The van der Waals surface area contributed by atoms with E-state index in [2.05, 4.69) is 127 Å². The molecule has 4 atom stereocenters. The highest BCUT2D eigenvalue weighted by atomic mass is 15.4. The van der Waals surface area contributed by atoms with E-state index in [0.717, 1.165) is 23.5 Å². The van der Waals surface area contributed by atoms with Gasteiger partial charge in [-0.25, -0.2) is 0 Å². The number of rotatable bonds is 6. The average Bonchev–Trinajstić information content (AvgIpc) is 3.51. The zero-order chi connectivity index (χ0) is 37.6. The minimum Gasteiger partial charge on any atom is -0.380 e. The van der Waals surface area contributed by atoms with E-state index in [-0.39, 0.29) is 11.4 Å². The van der Waals surface area contributed by atoms with Crippen LogP contribution >= 0.6 is 0 Å². The molecule has 4 aromatic carbocycles. The van der Waals surface area contributed by atoms with Gasteiger partial charge in [0, 0.05) is 58.9 Å². The summed E-state index contributed by atoms with van der Waals surface area (Å²) in [5, 5.41) is 15.6. The minimum absolute atomic E-state index is 0. The van der Waals surface area contributed by atoms with Crippen molar-refractivity contribution >= 4 is 11.4 Å². The summed E-state index contributed by atoms with van der Waals surface area (Å²) in [5.41, 5.74) is 15.6. The summed E-state index contributed by atoms with van der Waals surface area (Å²) in [6, 6.07) is 36.4. The maximum Gasteiger partial charge on any atom is 0.0923 e. The average molecular weight is 735 g/mol. The lowest BCUT2D eigenvalue weighted by molar-refractivity contribution is 0.301. The van der Waals surface area contributed by atoms with Crippen LogP contribution in [0.25, 0.3) is 22.5 Å². The van der Waals surface area contributed by atoms with Crippen molar-refractivity contribution in [3.63, 3.8) is 0 Å². The Kier molecular flexibility index (Phi) is 11.7. The van der Waals surface area contributed by atoms with Gasteiger partial charge < -0.3 is 10.2 Å². The third-order valence-electron chi connectivity index (χ3n) is 11.6. The zero-order valence-corrected chi connectivity index (χ0v) is 33.1. The number of hydrogen-bond donors (Lipinski definition) is 2. The first-order valence-electron chi connectivity index (χ1n) is 20.1. The lowest BCUT2D eigenvalue weighted by Gasteiger charge is -2.34. The van der Waals surface area contributed by atoms with Gasteiger partial charge in [0.2, 0.25) is 0 Å². The number of benzene rings is 4. The molecule has 3 fully saturated rings. The number of aromatic nitrogens is 4. The monoisotopic (exact) mass is 735 g/mol. The largest absolute Gasteiger partial charge is 0.380 e. The molecule has 296 valence electrons. The Bertz CT molecular complexity index is 2070. The molecule has 1 saturated heterocycles. The molecule has 54 heavy (non-hydrogen) atoms. The topological polar surface area (TPSA) is 61.5 Å². The van der Waals surface area contributed by atoms with Crippen molar-refractivity contribution in [2.45, 2.75) is 117 Å². The van der Waals surface area contributed by atoms with Gasteiger partial charge in [-0.2, -0.15) is 10.2 Å². The molecule has 0 amide bonds. The van der Waals surface area contributed by atoms with Crippen LogP contribution < -0.4 is 10.2 Å². The number of H-pyrrole nitrogens is 1. The van der Waals surface area contributed by atoms with Gasteiger partial charge in [0.25, 0.3) is 0 Å². The molecule has 6 nitrogen and oxygen atoms in total. The molecule has 0 spiro atoms. The molecule has 0 bridgehead atoms. The Hall–Kier alpha value is -5.10. The van der Waals surface area contributed by atoms with Crippen molar-refractivity contribution in [3.8, 4) is 22.5 Å². The number of nitrogens with one attached hydrogen (secondary N) is 2. The molecule has 0 radical (unpaired) electrons. The smallest absolute Gasteiger partial charge is 0.0923 e. The summed E-state index contributed by atoms with van der Waals surface area (Å²) in [7, 11) is 0. The van der Waals surface area contributed by atoms with E-state index in [1.54, 1.807) is 6.20 Å². The maximum absolute atomic E-state index is 4.93. The number of hydrogen-bond acceptors (Lipinski definition) is 4. The van der Waals surface area contributed by atoms with Gasteiger partial charge in [-0.05, 0) is 107 Å². The van der Waals surface area contributed by atoms with Crippen molar-refractivity contribution in [2.24, 2.45) is 0 Å². The van der Waals surface area contributed by atoms with Gasteiger partial charge in [0.05, 0.1) is 17.4 Å². The van der Waals surface area contributed by atoms with Crippen LogP contribution in [0.4, 0.5) is 11.4 Å². The Morgan fingerprint density at radius 2 is 1.15 bits per heavy atom. The third-order valence-corrected chi connectivity index (χ3v) is 11.6. The maximum atomic E-state index is 4.93. The van der Waals surface area contributed by atoms with Gasteiger partial charge in [-0.1, -0.05) is 122 Å². The fourth-order valence-electron chi connectivity index (χ4n) is 9.13. The van der Waals surface area contributed by atoms with Crippen molar-refractivity contribution in [3.05, 3.63) is 143 Å². The van der Waals surface area contributed by atoms with Crippen LogP contribution in [0.5, 0.6) is 0 Å². The lowest BCUT2D eigenvalue weighted by Crippen LogP contribution is -2.35. The summed E-state index contributed by atoms with van der Waals surface area (Å²) in [6.07, 6.45) is 14.5. The summed E-state index contributed by atoms with van der Waals surface area (Å²) >= 11 is 0. The van der Waals surface area contributed by atoms with Crippen LogP contribution in [-0.2, 0) is 0 Å². The molecule has 9 rings (SSSR count). The lowest BCUT2D eigenvalue weighted by atomic mass is 9.89. The first kappa shape index (κ1) is 37.2. The fraction of sp³-hybridized carbons (Fsp3) is 0.375. The Morgan fingerprint density at radius 1 is 0.611 bits per heavy atom. The number of aromatic amines is 1.